The standard InChI is InChI=1S/C20H25FN6O/c1-22-20(25-12-13-26(17-6-7-17)19(28)14-25)23-10-8-16-9-11-27(24-16)18-4-2-15(21)3-5-18/h2-5,9,11,17H,6-8,10,12-14H2,1H3,(H,22,23). The maximum Gasteiger partial charge on any atom is 0.242 e. The molecule has 1 aromatic carbocycles. The highest BCUT2D eigenvalue weighted by molar-refractivity contribution is 5.87. The van der Waals surface area contributed by atoms with Crippen molar-refractivity contribution in [3.63, 3.8) is 0 Å². The van der Waals surface area contributed by atoms with E-state index < -0.39 is 0 Å². The second-order valence-electron chi connectivity index (χ2n) is 7.19. The number of hydrogen-bond donors (Lipinski definition) is 1. The second kappa shape index (κ2) is 8.00. The van der Waals surface area contributed by atoms with Gasteiger partial charge in [0.1, 0.15) is 5.82 Å². The van der Waals surface area contributed by atoms with Gasteiger partial charge in [0.2, 0.25) is 5.91 Å². The molecule has 0 unspecified atom stereocenters. The molecule has 4 rings (SSSR count). The molecule has 2 heterocycles. The van der Waals surface area contributed by atoms with Gasteiger partial charge >= 0.3 is 0 Å². The fraction of sp³-hybridized carbons (Fsp3) is 0.450. The van der Waals surface area contributed by atoms with E-state index in [9.17, 15) is 9.18 Å². The van der Waals surface area contributed by atoms with Gasteiger partial charge in [0.05, 0.1) is 17.9 Å². The van der Waals surface area contributed by atoms with E-state index in [0.717, 1.165) is 49.7 Å². The number of nitrogens with zero attached hydrogens (tertiary/aromatic N) is 5. The van der Waals surface area contributed by atoms with Crippen molar-refractivity contribution in [2.45, 2.75) is 25.3 Å². The van der Waals surface area contributed by atoms with Crippen molar-refractivity contribution in [2.24, 2.45) is 4.99 Å². The Labute approximate surface area is 163 Å². The molecule has 28 heavy (non-hydrogen) atoms. The van der Waals surface area contributed by atoms with E-state index in [0.29, 0.717) is 19.1 Å². The molecule has 0 bridgehead atoms. The number of benzene rings is 1. The minimum Gasteiger partial charge on any atom is -0.356 e. The van der Waals surface area contributed by atoms with Crippen LogP contribution in [0.25, 0.3) is 5.69 Å². The van der Waals surface area contributed by atoms with Crippen molar-refractivity contribution >= 4 is 11.9 Å². The molecule has 1 N–H and O–H groups in total. The highest BCUT2D eigenvalue weighted by Gasteiger charge is 2.36. The zero-order valence-corrected chi connectivity index (χ0v) is 16.0. The lowest BCUT2D eigenvalue weighted by atomic mass is 10.3. The molecular formula is C20H25FN6O. The van der Waals surface area contributed by atoms with Crippen LogP contribution in [0.15, 0.2) is 41.5 Å². The van der Waals surface area contributed by atoms with Crippen molar-refractivity contribution in [1.29, 1.82) is 0 Å². The van der Waals surface area contributed by atoms with Gasteiger partial charge in [0.15, 0.2) is 5.96 Å². The normalized spacial score (nSPS) is 17.9. The Morgan fingerprint density at radius 1 is 1.25 bits per heavy atom. The molecule has 148 valence electrons. The van der Waals surface area contributed by atoms with E-state index in [1.54, 1.807) is 23.9 Å². The van der Waals surface area contributed by atoms with Crippen LogP contribution in [0, 0.1) is 5.82 Å². The average molecular weight is 384 g/mol. The van der Waals surface area contributed by atoms with Crippen molar-refractivity contribution < 1.29 is 9.18 Å². The first-order valence-electron chi connectivity index (χ1n) is 9.69. The summed E-state index contributed by atoms with van der Waals surface area (Å²) in [5.74, 6) is 0.680. The lowest BCUT2D eigenvalue weighted by molar-refractivity contribution is -0.135. The van der Waals surface area contributed by atoms with Gasteiger partial charge in [-0.1, -0.05) is 0 Å². The van der Waals surface area contributed by atoms with Gasteiger partial charge < -0.3 is 15.1 Å². The lowest BCUT2D eigenvalue weighted by Gasteiger charge is -2.36. The van der Waals surface area contributed by atoms with E-state index >= 15 is 0 Å². The van der Waals surface area contributed by atoms with Gasteiger partial charge in [-0.2, -0.15) is 5.10 Å². The number of aliphatic imine (C=N–C) groups is 1. The summed E-state index contributed by atoms with van der Waals surface area (Å²) in [6.45, 7) is 2.63. The van der Waals surface area contributed by atoms with Crippen molar-refractivity contribution in [2.75, 3.05) is 33.2 Å². The number of guanidine groups is 1. The quantitative estimate of drug-likeness (QED) is 0.626. The summed E-state index contributed by atoms with van der Waals surface area (Å²) < 4.78 is 14.8. The zero-order valence-electron chi connectivity index (χ0n) is 16.0. The minimum absolute atomic E-state index is 0.190. The molecule has 1 aliphatic carbocycles. The number of aromatic nitrogens is 2. The highest BCUT2D eigenvalue weighted by atomic mass is 19.1. The molecule has 0 atom stereocenters. The van der Waals surface area contributed by atoms with E-state index in [-0.39, 0.29) is 11.7 Å². The van der Waals surface area contributed by atoms with Crippen LogP contribution >= 0.6 is 0 Å². The first-order valence-corrected chi connectivity index (χ1v) is 9.69. The molecule has 1 amide bonds. The van der Waals surface area contributed by atoms with Crippen LogP contribution in [0.4, 0.5) is 4.39 Å². The molecule has 8 heteroatoms. The van der Waals surface area contributed by atoms with Gasteiger partial charge in [0, 0.05) is 45.3 Å². The Hall–Kier alpha value is -2.90. The third-order valence-electron chi connectivity index (χ3n) is 5.16. The highest BCUT2D eigenvalue weighted by Crippen LogP contribution is 2.28. The topological polar surface area (TPSA) is 65.8 Å². The van der Waals surface area contributed by atoms with Gasteiger partial charge in [-0.05, 0) is 43.2 Å². The van der Waals surface area contributed by atoms with E-state index in [1.165, 1.54) is 12.1 Å². The largest absolute Gasteiger partial charge is 0.356 e. The van der Waals surface area contributed by atoms with E-state index in [4.69, 9.17) is 0 Å². The fourth-order valence-electron chi connectivity index (χ4n) is 3.51. The summed E-state index contributed by atoms with van der Waals surface area (Å²) in [5, 5.41) is 7.86. The summed E-state index contributed by atoms with van der Waals surface area (Å²) in [7, 11) is 1.74. The number of halogens is 1. The summed E-state index contributed by atoms with van der Waals surface area (Å²) in [6.07, 6.45) is 4.88. The number of carbonyl (C=O) groups excluding carboxylic acids is 1. The lowest BCUT2D eigenvalue weighted by Crippen LogP contribution is -2.55. The second-order valence-corrected chi connectivity index (χ2v) is 7.19. The molecule has 1 aliphatic heterocycles. The fourth-order valence-corrected chi connectivity index (χ4v) is 3.51. The average Bonchev–Trinajstić information content (AvgIpc) is 3.43. The van der Waals surface area contributed by atoms with E-state index in [1.807, 2.05) is 22.1 Å². The molecule has 2 aliphatic rings. The van der Waals surface area contributed by atoms with Crippen LogP contribution in [-0.2, 0) is 11.2 Å². The Morgan fingerprint density at radius 2 is 2.04 bits per heavy atom. The first kappa shape index (κ1) is 18.5. The molecule has 1 aromatic heterocycles. The Balaban J connectivity index is 1.28. The van der Waals surface area contributed by atoms with Crippen LogP contribution in [0.2, 0.25) is 0 Å². The van der Waals surface area contributed by atoms with Crippen molar-refractivity contribution in [1.82, 2.24) is 24.9 Å². The number of amides is 1. The predicted octanol–water partition coefficient (Wildman–Crippen LogP) is 1.44. The monoisotopic (exact) mass is 384 g/mol. The van der Waals surface area contributed by atoms with Crippen LogP contribution in [0.5, 0.6) is 0 Å². The SMILES string of the molecule is CN=C(NCCc1ccn(-c2ccc(F)cc2)n1)N1CCN(C2CC2)C(=O)C1. The summed E-state index contributed by atoms with van der Waals surface area (Å²) in [4.78, 5) is 20.7. The number of carbonyl (C=O) groups is 1. The Bertz CT molecular complexity index is 858. The van der Waals surface area contributed by atoms with Gasteiger partial charge in [0.25, 0.3) is 0 Å². The number of rotatable bonds is 5. The molecular weight excluding hydrogens is 359 g/mol. The number of hydrogen-bond acceptors (Lipinski definition) is 3. The zero-order chi connectivity index (χ0) is 19.5. The molecule has 0 radical (unpaired) electrons. The molecule has 7 nitrogen and oxygen atoms in total. The Morgan fingerprint density at radius 3 is 2.71 bits per heavy atom. The minimum atomic E-state index is -0.261. The maximum absolute atomic E-state index is 13.0. The first-order chi connectivity index (χ1) is 13.6. The molecule has 1 saturated carbocycles. The van der Waals surface area contributed by atoms with Crippen LogP contribution in [0.1, 0.15) is 18.5 Å². The summed E-state index contributed by atoms with van der Waals surface area (Å²) >= 11 is 0. The molecule has 2 aromatic rings. The Kier molecular flexibility index (Phi) is 5.27. The van der Waals surface area contributed by atoms with E-state index in [2.05, 4.69) is 15.4 Å². The van der Waals surface area contributed by atoms with Crippen molar-refractivity contribution in [3.8, 4) is 5.69 Å². The molecule has 2 fully saturated rings. The number of nitrogens with one attached hydrogen (secondary N) is 1. The summed E-state index contributed by atoms with van der Waals surface area (Å²) in [6, 6.07) is 8.67. The summed E-state index contributed by atoms with van der Waals surface area (Å²) in [5.41, 5.74) is 1.75. The predicted molar refractivity (Wildman–Crippen MR) is 105 cm³/mol. The third-order valence-corrected chi connectivity index (χ3v) is 5.16. The molecule has 1 saturated heterocycles. The smallest absolute Gasteiger partial charge is 0.242 e. The maximum atomic E-state index is 13.0. The molecule has 0 spiro atoms. The van der Waals surface area contributed by atoms with Gasteiger partial charge in [-0.25, -0.2) is 9.07 Å². The number of piperazine rings is 1. The van der Waals surface area contributed by atoms with Gasteiger partial charge in [-0.3, -0.25) is 9.79 Å². The van der Waals surface area contributed by atoms with Crippen molar-refractivity contribution in [3.05, 3.63) is 48.0 Å². The van der Waals surface area contributed by atoms with Gasteiger partial charge in [-0.15, -0.1) is 0 Å². The van der Waals surface area contributed by atoms with Crippen LogP contribution in [0.3, 0.4) is 0 Å². The third kappa shape index (κ3) is 4.16. The van der Waals surface area contributed by atoms with Crippen LogP contribution < -0.4 is 5.32 Å². The van der Waals surface area contributed by atoms with Crippen LogP contribution in [-0.4, -0.2) is 70.7 Å².